The summed E-state index contributed by atoms with van der Waals surface area (Å²) in [5.41, 5.74) is 1.61. The number of halogens is 1. The first-order valence-electron chi connectivity index (χ1n) is 3.64. The maximum atomic E-state index is 9.91. The molecule has 12 heavy (non-hydrogen) atoms. The molecule has 0 unspecified atom stereocenters. The molecule has 0 fully saturated rings. The molecule has 62 valence electrons. The molecule has 1 aromatic carbocycles. The maximum absolute atomic E-state index is 9.91. The van der Waals surface area contributed by atoms with Crippen LogP contribution in [0.3, 0.4) is 0 Å². The second-order valence-corrected chi connectivity index (χ2v) is 2.74. The molecule has 3 heteroatoms. The Morgan fingerprint density at radius 3 is 2.83 bits per heavy atom. The van der Waals surface area contributed by atoms with Crippen molar-refractivity contribution >= 4 is 23.4 Å². The molecule has 1 aromatic rings. The van der Waals surface area contributed by atoms with Crippen molar-refractivity contribution < 1.29 is 4.79 Å². The molecule has 0 spiro atoms. The van der Waals surface area contributed by atoms with Crippen LogP contribution in [0.5, 0.6) is 0 Å². The lowest BCUT2D eigenvalue weighted by atomic mass is 10.1. The molecule has 0 radical (unpaired) electrons. The first-order chi connectivity index (χ1) is 5.77. The third-order valence-corrected chi connectivity index (χ3v) is 1.94. The van der Waals surface area contributed by atoms with Gasteiger partial charge in [-0.3, -0.25) is 0 Å². The second-order valence-electron chi connectivity index (χ2n) is 2.33. The maximum Gasteiger partial charge on any atom is 0.240 e. The summed E-state index contributed by atoms with van der Waals surface area (Å²) in [7, 11) is 0. The van der Waals surface area contributed by atoms with E-state index in [2.05, 4.69) is 4.99 Å². The van der Waals surface area contributed by atoms with Crippen LogP contribution in [0.2, 0.25) is 5.02 Å². The highest BCUT2D eigenvalue weighted by atomic mass is 35.5. The van der Waals surface area contributed by atoms with Crippen LogP contribution < -0.4 is 0 Å². The predicted octanol–water partition coefficient (Wildman–Crippen LogP) is 2.87. The number of hydrogen-bond donors (Lipinski definition) is 0. The lowest BCUT2D eigenvalue weighted by Crippen LogP contribution is -1.80. The van der Waals surface area contributed by atoms with Crippen molar-refractivity contribution in [2.24, 2.45) is 4.99 Å². The van der Waals surface area contributed by atoms with E-state index in [9.17, 15) is 4.79 Å². The van der Waals surface area contributed by atoms with Gasteiger partial charge in [-0.25, -0.2) is 4.79 Å². The van der Waals surface area contributed by atoms with Gasteiger partial charge in [0, 0.05) is 5.02 Å². The Kier molecular flexibility index (Phi) is 3.03. The average Bonchev–Trinajstić information content (AvgIpc) is 2.05. The highest BCUT2D eigenvalue weighted by Gasteiger charge is 1.98. The topological polar surface area (TPSA) is 29.4 Å². The van der Waals surface area contributed by atoms with Gasteiger partial charge in [-0.05, 0) is 24.1 Å². The number of hydrogen-bond acceptors (Lipinski definition) is 2. The summed E-state index contributed by atoms with van der Waals surface area (Å²) in [6, 6.07) is 5.26. The monoisotopic (exact) mass is 181 g/mol. The van der Waals surface area contributed by atoms with Crippen molar-refractivity contribution in [3.8, 4) is 0 Å². The summed E-state index contributed by atoms with van der Waals surface area (Å²) >= 11 is 5.88. The van der Waals surface area contributed by atoms with Crippen LogP contribution in [0.4, 0.5) is 5.69 Å². The first kappa shape index (κ1) is 8.98. The van der Waals surface area contributed by atoms with Gasteiger partial charge in [0.15, 0.2) is 0 Å². The average molecular weight is 182 g/mol. The molecule has 0 bridgehead atoms. The number of aryl methyl sites for hydroxylation is 1. The van der Waals surface area contributed by atoms with Gasteiger partial charge < -0.3 is 0 Å². The summed E-state index contributed by atoms with van der Waals surface area (Å²) in [6.07, 6.45) is 2.34. The standard InChI is InChI=1S/C9H8ClNO/c1-2-7-3-4-8(11-6-12)5-9(7)10/h3-5H,2H2,1H3. The van der Waals surface area contributed by atoms with Crippen LogP contribution in [-0.4, -0.2) is 6.08 Å². The zero-order valence-corrected chi connectivity index (χ0v) is 7.43. The Morgan fingerprint density at radius 1 is 1.58 bits per heavy atom. The number of isocyanates is 1. The molecule has 0 aliphatic heterocycles. The van der Waals surface area contributed by atoms with Crippen molar-refractivity contribution in [3.63, 3.8) is 0 Å². The van der Waals surface area contributed by atoms with Crippen LogP contribution in [0.1, 0.15) is 12.5 Å². The molecule has 0 aliphatic carbocycles. The minimum Gasteiger partial charge on any atom is -0.211 e. The predicted molar refractivity (Wildman–Crippen MR) is 48.6 cm³/mol. The fraction of sp³-hybridized carbons (Fsp3) is 0.222. The van der Waals surface area contributed by atoms with E-state index in [0.717, 1.165) is 12.0 Å². The van der Waals surface area contributed by atoms with Gasteiger partial charge in [0.2, 0.25) is 6.08 Å². The quantitative estimate of drug-likeness (QED) is 0.510. The number of aliphatic imine (C=N–C) groups is 1. The van der Waals surface area contributed by atoms with E-state index in [4.69, 9.17) is 11.6 Å². The van der Waals surface area contributed by atoms with E-state index < -0.39 is 0 Å². The van der Waals surface area contributed by atoms with E-state index in [0.29, 0.717) is 10.7 Å². The molecule has 0 amide bonds. The van der Waals surface area contributed by atoms with Crippen LogP contribution >= 0.6 is 11.6 Å². The van der Waals surface area contributed by atoms with Crippen LogP contribution in [-0.2, 0) is 11.2 Å². The zero-order chi connectivity index (χ0) is 8.97. The van der Waals surface area contributed by atoms with Crippen molar-refractivity contribution in [3.05, 3.63) is 28.8 Å². The normalized spacial score (nSPS) is 9.17. The number of benzene rings is 1. The molecule has 0 heterocycles. The molecule has 0 aromatic heterocycles. The fourth-order valence-electron chi connectivity index (χ4n) is 0.945. The number of rotatable bonds is 2. The number of nitrogens with zero attached hydrogens (tertiary/aromatic N) is 1. The summed E-state index contributed by atoms with van der Waals surface area (Å²) in [6.45, 7) is 2.02. The van der Waals surface area contributed by atoms with Crippen LogP contribution in [0, 0.1) is 0 Å². The largest absolute Gasteiger partial charge is 0.240 e. The van der Waals surface area contributed by atoms with Crippen molar-refractivity contribution in [1.29, 1.82) is 0 Å². The Labute approximate surface area is 75.9 Å². The summed E-state index contributed by atoms with van der Waals surface area (Å²) < 4.78 is 0. The summed E-state index contributed by atoms with van der Waals surface area (Å²) in [4.78, 5) is 13.4. The highest BCUT2D eigenvalue weighted by molar-refractivity contribution is 6.31. The molecule has 1 rings (SSSR count). The van der Waals surface area contributed by atoms with Gasteiger partial charge in [-0.15, -0.1) is 0 Å². The Hall–Kier alpha value is -1.11. The van der Waals surface area contributed by atoms with Crippen molar-refractivity contribution in [1.82, 2.24) is 0 Å². The van der Waals surface area contributed by atoms with Crippen LogP contribution in [0.25, 0.3) is 0 Å². The lowest BCUT2D eigenvalue weighted by Gasteiger charge is -1.99. The van der Waals surface area contributed by atoms with E-state index in [1.54, 1.807) is 12.1 Å². The smallest absolute Gasteiger partial charge is 0.211 e. The molecular formula is C9H8ClNO. The molecule has 0 atom stereocenters. The lowest BCUT2D eigenvalue weighted by molar-refractivity contribution is 0.565. The zero-order valence-electron chi connectivity index (χ0n) is 6.67. The summed E-state index contributed by atoms with van der Waals surface area (Å²) in [5.74, 6) is 0. The minimum atomic E-state index is 0.548. The molecule has 0 saturated carbocycles. The van der Waals surface area contributed by atoms with Gasteiger partial charge in [0.1, 0.15) is 0 Å². The minimum absolute atomic E-state index is 0.548. The molecule has 2 nitrogen and oxygen atoms in total. The fourth-order valence-corrected chi connectivity index (χ4v) is 1.25. The van der Waals surface area contributed by atoms with Gasteiger partial charge >= 0.3 is 0 Å². The summed E-state index contributed by atoms with van der Waals surface area (Å²) in [5, 5.41) is 0.647. The van der Waals surface area contributed by atoms with Gasteiger partial charge in [-0.2, -0.15) is 4.99 Å². The van der Waals surface area contributed by atoms with Crippen LogP contribution in [0.15, 0.2) is 23.2 Å². The van der Waals surface area contributed by atoms with Gasteiger partial charge in [-0.1, -0.05) is 24.6 Å². The first-order valence-corrected chi connectivity index (χ1v) is 4.02. The van der Waals surface area contributed by atoms with Crippen molar-refractivity contribution in [2.45, 2.75) is 13.3 Å². The molecule has 0 aliphatic rings. The molecular weight excluding hydrogens is 174 g/mol. The third-order valence-electron chi connectivity index (χ3n) is 1.59. The van der Waals surface area contributed by atoms with E-state index >= 15 is 0 Å². The Bertz CT molecular complexity index is 329. The van der Waals surface area contributed by atoms with E-state index in [1.807, 2.05) is 13.0 Å². The molecule has 0 saturated heterocycles. The highest BCUT2D eigenvalue weighted by Crippen LogP contribution is 2.22. The third kappa shape index (κ3) is 1.94. The van der Waals surface area contributed by atoms with Gasteiger partial charge in [0.25, 0.3) is 0 Å². The molecule has 0 N–H and O–H groups in total. The van der Waals surface area contributed by atoms with E-state index in [1.165, 1.54) is 6.08 Å². The Balaban J connectivity index is 3.09. The van der Waals surface area contributed by atoms with Crippen molar-refractivity contribution in [2.75, 3.05) is 0 Å². The van der Waals surface area contributed by atoms with E-state index in [-0.39, 0.29) is 0 Å². The number of carbonyl (C=O) groups excluding carboxylic acids is 1. The van der Waals surface area contributed by atoms with Gasteiger partial charge in [0.05, 0.1) is 5.69 Å². The second kappa shape index (κ2) is 4.05. The Morgan fingerprint density at radius 2 is 2.33 bits per heavy atom. The SMILES string of the molecule is CCc1ccc(N=C=O)cc1Cl.